The zero-order valence-electron chi connectivity index (χ0n) is 12.4. The first-order chi connectivity index (χ1) is 9.55. The summed E-state index contributed by atoms with van der Waals surface area (Å²) in [6.45, 7) is 6.05. The smallest absolute Gasteiger partial charge is 0.306 e. The van der Waals surface area contributed by atoms with Crippen LogP contribution in [0, 0.1) is 0 Å². The standard InChI is InChI=1S/C14H24N2O3S/c1-14(5-3-11-20-14)13(18)16-9-7-15(8-10-16)6-4-12(17)19-2/h3-11H2,1-2H3. The Balaban J connectivity index is 1.76. The van der Waals surface area contributed by atoms with Gasteiger partial charge in [0.05, 0.1) is 18.3 Å². The van der Waals surface area contributed by atoms with Gasteiger partial charge in [-0.05, 0) is 25.5 Å². The molecule has 0 aliphatic carbocycles. The number of esters is 1. The molecule has 1 amide bonds. The van der Waals surface area contributed by atoms with Crippen molar-refractivity contribution in [3.05, 3.63) is 0 Å². The number of carbonyl (C=O) groups excluding carboxylic acids is 2. The highest BCUT2D eigenvalue weighted by Gasteiger charge is 2.40. The Labute approximate surface area is 125 Å². The molecule has 0 radical (unpaired) electrons. The third-order valence-electron chi connectivity index (χ3n) is 4.19. The molecule has 0 spiro atoms. The van der Waals surface area contributed by atoms with Crippen LogP contribution in [0.15, 0.2) is 0 Å². The van der Waals surface area contributed by atoms with Crippen LogP contribution < -0.4 is 0 Å². The molecule has 5 nitrogen and oxygen atoms in total. The summed E-state index contributed by atoms with van der Waals surface area (Å²) in [5.41, 5.74) is 0. The highest BCUT2D eigenvalue weighted by Crippen LogP contribution is 2.39. The molecule has 2 fully saturated rings. The molecule has 20 heavy (non-hydrogen) atoms. The van der Waals surface area contributed by atoms with Crippen molar-refractivity contribution in [1.29, 1.82) is 0 Å². The molecule has 2 aliphatic heterocycles. The molecule has 1 unspecified atom stereocenters. The number of amides is 1. The number of methoxy groups -OCH3 is 1. The van der Waals surface area contributed by atoms with Crippen LogP contribution in [-0.2, 0) is 14.3 Å². The largest absolute Gasteiger partial charge is 0.469 e. The van der Waals surface area contributed by atoms with E-state index in [1.165, 1.54) is 7.11 Å². The van der Waals surface area contributed by atoms with E-state index >= 15 is 0 Å². The third-order valence-corrected chi connectivity index (χ3v) is 5.70. The zero-order chi connectivity index (χ0) is 14.6. The number of nitrogens with zero attached hydrogens (tertiary/aromatic N) is 2. The zero-order valence-corrected chi connectivity index (χ0v) is 13.2. The van der Waals surface area contributed by atoms with Crippen LogP contribution in [0.1, 0.15) is 26.2 Å². The summed E-state index contributed by atoms with van der Waals surface area (Å²) in [6, 6.07) is 0. The quantitative estimate of drug-likeness (QED) is 0.724. The molecule has 6 heteroatoms. The molecule has 1 atom stereocenters. The number of rotatable bonds is 4. The van der Waals surface area contributed by atoms with Crippen LogP contribution >= 0.6 is 11.8 Å². The van der Waals surface area contributed by atoms with Crippen LogP contribution in [0.3, 0.4) is 0 Å². The Morgan fingerprint density at radius 3 is 2.50 bits per heavy atom. The fourth-order valence-electron chi connectivity index (χ4n) is 2.81. The van der Waals surface area contributed by atoms with E-state index in [2.05, 4.69) is 16.6 Å². The van der Waals surface area contributed by atoms with Crippen LogP contribution in [0.4, 0.5) is 0 Å². The lowest BCUT2D eigenvalue weighted by Crippen LogP contribution is -2.53. The number of hydrogen-bond acceptors (Lipinski definition) is 5. The summed E-state index contributed by atoms with van der Waals surface area (Å²) in [4.78, 5) is 27.9. The topological polar surface area (TPSA) is 49.9 Å². The van der Waals surface area contributed by atoms with Gasteiger partial charge in [-0.1, -0.05) is 0 Å². The molecule has 2 heterocycles. The Bertz CT molecular complexity index is 361. The monoisotopic (exact) mass is 300 g/mol. The van der Waals surface area contributed by atoms with Gasteiger partial charge in [0.1, 0.15) is 0 Å². The van der Waals surface area contributed by atoms with Gasteiger partial charge in [0.15, 0.2) is 0 Å². The molecule has 0 bridgehead atoms. The van der Waals surface area contributed by atoms with Crippen LogP contribution in [0.25, 0.3) is 0 Å². The molecule has 2 rings (SSSR count). The molecule has 2 saturated heterocycles. The first-order valence-electron chi connectivity index (χ1n) is 7.28. The van der Waals surface area contributed by atoms with Crippen molar-refractivity contribution in [3.8, 4) is 0 Å². The maximum absolute atomic E-state index is 12.6. The van der Waals surface area contributed by atoms with Gasteiger partial charge in [0.2, 0.25) is 5.91 Å². The molecule has 0 aromatic rings. The second-order valence-corrected chi connectivity index (χ2v) is 7.24. The Kier molecular flexibility index (Phi) is 5.32. The van der Waals surface area contributed by atoms with E-state index in [9.17, 15) is 9.59 Å². The minimum Gasteiger partial charge on any atom is -0.469 e. The summed E-state index contributed by atoms with van der Waals surface area (Å²) in [7, 11) is 1.42. The summed E-state index contributed by atoms with van der Waals surface area (Å²) in [6.07, 6.45) is 2.57. The van der Waals surface area contributed by atoms with E-state index in [0.717, 1.165) is 51.3 Å². The summed E-state index contributed by atoms with van der Waals surface area (Å²) in [5.74, 6) is 1.23. The molecule has 0 aromatic heterocycles. The molecule has 114 valence electrons. The van der Waals surface area contributed by atoms with Gasteiger partial charge >= 0.3 is 5.97 Å². The maximum Gasteiger partial charge on any atom is 0.306 e. The second kappa shape index (κ2) is 6.80. The summed E-state index contributed by atoms with van der Waals surface area (Å²) < 4.78 is 4.45. The predicted molar refractivity (Wildman–Crippen MR) is 79.8 cm³/mol. The van der Waals surface area contributed by atoms with Crippen molar-refractivity contribution in [3.63, 3.8) is 0 Å². The lowest BCUT2D eigenvalue weighted by molar-refractivity contribution is -0.141. The van der Waals surface area contributed by atoms with E-state index in [1.807, 2.05) is 4.90 Å². The van der Waals surface area contributed by atoms with Crippen molar-refractivity contribution in [1.82, 2.24) is 9.80 Å². The lowest BCUT2D eigenvalue weighted by atomic mass is 10.0. The van der Waals surface area contributed by atoms with Crippen molar-refractivity contribution >= 4 is 23.6 Å². The maximum atomic E-state index is 12.6. The van der Waals surface area contributed by atoms with Gasteiger partial charge in [0.25, 0.3) is 0 Å². The van der Waals surface area contributed by atoms with E-state index in [4.69, 9.17) is 0 Å². The Morgan fingerprint density at radius 1 is 1.25 bits per heavy atom. The van der Waals surface area contributed by atoms with E-state index < -0.39 is 0 Å². The van der Waals surface area contributed by atoms with E-state index in [0.29, 0.717) is 12.3 Å². The molecular formula is C14H24N2O3S. The SMILES string of the molecule is COC(=O)CCN1CCN(C(=O)C2(C)CCCS2)CC1. The Hall–Kier alpha value is -0.750. The van der Waals surface area contributed by atoms with Crippen molar-refractivity contribution in [2.75, 3.05) is 45.6 Å². The van der Waals surface area contributed by atoms with Gasteiger partial charge in [-0.3, -0.25) is 14.5 Å². The number of hydrogen-bond donors (Lipinski definition) is 0. The molecule has 0 N–H and O–H groups in total. The lowest BCUT2D eigenvalue weighted by Gasteiger charge is -2.38. The Morgan fingerprint density at radius 2 is 1.95 bits per heavy atom. The molecular weight excluding hydrogens is 276 g/mol. The molecule has 0 saturated carbocycles. The second-order valence-electron chi connectivity index (χ2n) is 5.64. The number of ether oxygens (including phenoxy) is 1. The fourth-order valence-corrected chi connectivity index (χ4v) is 4.09. The van der Waals surface area contributed by atoms with Gasteiger partial charge in [-0.2, -0.15) is 0 Å². The highest BCUT2D eigenvalue weighted by molar-refractivity contribution is 8.01. The summed E-state index contributed by atoms with van der Waals surface area (Å²) in [5, 5.41) is 0. The fraction of sp³-hybridized carbons (Fsp3) is 0.857. The summed E-state index contributed by atoms with van der Waals surface area (Å²) >= 11 is 1.80. The number of piperazine rings is 1. The third kappa shape index (κ3) is 3.67. The average Bonchev–Trinajstić information content (AvgIpc) is 2.92. The highest BCUT2D eigenvalue weighted by atomic mass is 32.2. The number of thioether (sulfide) groups is 1. The minimum absolute atomic E-state index is 0.168. The van der Waals surface area contributed by atoms with Crippen molar-refractivity contribution in [2.45, 2.75) is 30.9 Å². The van der Waals surface area contributed by atoms with Crippen molar-refractivity contribution in [2.24, 2.45) is 0 Å². The van der Waals surface area contributed by atoms with Gasteiger partial charge in [0, 0.05) is 32.7 Å². The minimum atomic E-state index is -0.200. The van der Waals surface area contributed by atoms with Gasteiger partial charge in [-0.25, -0.2) is 0 Å². The normalized spacial score (nSPS) is 27.6. The van der Waals surface area contributed by atoms with Gasteiger partial charge < -0.3 is 9.64 Å². The molecule has 0 aromatic carbocycles. The van der Waals surface area contributed by atoms with E-state index in [1.54, 1.807) is 11.8 Å². The molecule has 2 aliphatic rings. The first-order valence-corrected chi connectivity index (χ1v) is 8.26. The first kappa shape index (κ1) is 15.6. The predicted octanol–water partition coefficient (Wildman–Crippen LogP) is 0.979. The van der Waals surface area contributed by atoms with E-state index in [-0.39, 0.29) is 10.7 Å². The van der Waals surface area contributed by atoms with Crippen LogP contribution in [-0.4, -0.2) is 72.0 Å². The van der Waals surface area contributed by atoms with Crippen molar-refractivity contribution < 1.29 is 14.3 Å². The number of carbonyl (C=O) groups is 2. The van der Waals surface area contributed by atoms with Crippen LogP contribution in [0.5, 0.6) is 0 Å². The average molecular weight is 300 g/mol. The van der Waals surface area contributed by atoms with Gasteiger partial charge in [-0.15, -0.1) is 11.8 Å². The van der Waals surface area contributed by atoms with Crippen LogP contribution in [0.2, 0.25) is 0 Å².